The largest absolute Gasteiger partial charge is 0.409 e. The van der Waals surface area contributed by atoms with E-state index in [0.717, 1.165) is 36.3 Å². The maximum atomic E-state index is 12.3. The quantitative estimate of drug-likeness (QED) is 0.187. The van der Waals surface area contributed by atoms with Gasteiger partial charge in [0.2, 0.25) is 5.91 Å². The van der Waals surface area contributed by atoms with Gasteiger partial charge in [-0.05, 0) is 36.3 Å². The highest BCUT2D eigenvalue weighted by Crippen LogP contribution is 2.35. The fourth-order valence-electron chi connectivity index (χ4n) is 4.82. The van der Waals surface area contributed by atoms with E-state index < -0.39 is 47.1 Å². The molecule has 0 saturated carbocycles. The van der Waals surface area contributed by atoms with E-state index in [1.807, 2.05) is 0 Å². The zero-order valence-electron chi connectivity index (χ0n) is 22.1. The van der Waals surface area contributed by atoms with Crippen molar-refractivity contribution in [3.05, 3.63) is 0 Å². The van der Waals surface area contributed by atoms with Crippen LogP contribution in [0.1, 0.15) is 48.5 Å². The van der Waals surface area contributed by atoms with Crippen molar-refractivity contribution in [3.63, 3.8) is 0 Å². The average molecular weight is 508 g/mol. The Bertz CT molecular complexity index is 544. The van der Waals surface area contributed by atoms with E-state index in [4.69, 9.17) is 23.1 Å². The molecule has 2 N–H and O–H groups in total. The topological polar surface area (TPSA) is 95.5 Å². The molecule has 1 aliphatic rings. The Morgan fingerprint density at radius 2 is 1.36 bits per heavy atom. The van der Waals surface area contributed by atoms with E-state index in [1.54, 1.807) is 7.11 Å². The number of ether oxygens (including phenoxy) is 3. The minimum absolute atomic E-state index is 0.122. The van der Waals surface area contributed by atoms with Crippen molar-refractivity contribution < 1.29 is 33.0 Å². The Morgan fingerprint density at radius 3 is 1.76 bits per heavy atom. The third kappa shape index (κ3) is 8.10. The molecule has 0 bridgehead atoms. The Balaban J connectivity index is 3.50. The summed E-state index contributed by atoms with van der Waals surface area (Å²) in [5.41, 5.74) is 0. The Kier molecular flexibility index (Phi) is 13.9. The molecule has 33 heavy (non-hydrogen) atoms. The molecule has 1 saturated heterocycles. The van der Waals surface area contributed by atoms with Crippen LogP contribution >= 0.6 is 0 Å². The highest BCUT2D eigenvalue weighted by molar-refractivity contribution is 6.74. The molecule has 0 aromatic heterocycles. The van der Waals surface area contributed by atoms with E-state index in [1.165, 1.54) is 6.92 Å². The predicted octanol–water partition coefficient (Wildman–Crippen LogP) is 3.65. The Hall–Kier alpha value is -0.336. The second-order valence-corrected chi connectivity index (χ2v) is 18.5. The van der Waals surface area contributed by atoms with Crippen LogP contribution in [0.4, 0.5) is 0 Å². The number of amides is 1. The zero-order chi connectivity index (χ0) is 25.1. The van der Waals surface area contributed by atoms with E-state index in [-0.39, 0.29) is 25.9 Å². The molecule has 0 radical (unpaired) electrons. The summed E-state index contributed by atoms with van der Waals surface area (Å²) in [6.07, 6.45) is -1.90. The van der Waals surface area contributed by atoms with Crippen LogP contribution < -0.4 is 5.32 Å². The molecule has 0 unspecified atom stereocenters. The number of hydrogen-bond acceptors (Lipinski definition) is 7. The van der Waals surface area contributed by atoms with Crippen molar-refractivity contribution in [2.45, 2.75) is 115 Å². The number of aliphatic hydroxyl groups is 1. The molecule has 196 valence electrons. The number of rotatable bonds is 16. The van der Waals surface area contributed by atoms with Crippen LogP contribution in [0.15, 0.2) is 0 Å². The molecule has 1 amide bonds. The van der Waals surface area contributed by atoms with Crippen molar-refractivity contribution in [1.29, 1.82) is 0 Å². The molecule has 8 nitrogen and oxygen atoms in total. The van der Waals surface area contributed by atoms with Crippen LogP contribution in [-0.2, 0) is 27.9 Å². The lowest BCUT2D eigenvalue weighted by molar-refractivity contribution is -0.204. The van der Waals surface area contributed by atoms with Crippen LogP contribution in [0.5, 0.6) is 0 Å². The highest BCUT2D eigenvalue weighted by atomic mass is 28.4. The van der Waals surface area contributed by atoms with Crippen LogP contribution in [0.25, 0.3) is 0 Å². The third-order valence-electron chi connectivity index (χ3n) is 7.47. The molecule has 10 heteroatoms. The number of carbonyl (C=O) groups is 1. The SMILES string of the molecule is CC[Si](CC)(CC)O[C@@H]1[C@H](NC(C)=O)[C@H](COCOC)O[C@H](CO)[C@@H]1O[Si](CC)(CC)CC. The lowest BCUT2D eigenvalue weighted by Crippen LogP contribution is -2.69. The van der Waals surface area contributed by atoms with E-state index in [9.17, 15) is 9.90 Å². The van der Waals surface area contributed by atoms with Gasteiger partial charge in [-0.3, -0.25) is 4.79 Å². The standard InChI is InChI=1S/C23H49NO7Si2/c1-9-32(10-2,11-3)30-22-19(15-25)29-20(16-28-17-27-8)21(24-18(7)26)23(22)31-33(12-4,13-5)14-6/h19-23,25H,9-17H2,1-8H3,(H,24,26)/t19-,20+,21-,22+,23-/m1/s1. The van der Waals surface area contributed by atoms with Crippen LogP contribution in [0, 0.1) is 0 Å². The summed E-state index contributed by atoms with van der Waals surface area (Å²) >= 11 is 0. The van der Waals surface area contributed by atoms with Gasteiger partial charge in [0.1, 0.15) is 25.1 Å². The number of methoxy groups -OCH3 is 1. The van der Waals surface area contributed by atoms with Gasteiger partial charge in [0.15, 0.2) is 16.6 Å². The molecular formula is C23H49NO7Si2. The minimum Gasteiger partial charge on any atom is -0.409 e. The van der Waals surface area contributed by atoms with Crippen LogP contribution in [0.3, 0.4) is 0 Å². The molecule has 1 fully saturated rings. The monoisotopic (exact) mass is 507 g/mol. The van der Waals surface area contributed by atoms with Crippen molar-refractivity contribution in [2.24, 2.45) is 0 Å². The van der Waals surface area contributed by atoms with Crippen LogP contribution in [-0.4, -0.2) is 85.2 Å². The molecule has 5 atom stereocenters. The summed E-state index contributed by atoms with van der Waals surface area (Å²) in [5.74, 6) is -0.156. The van der Waals surface area contributed by atoms with E-state index >= 15 is 0 Å². The van der Waals surface area contributed by atoms with Gasteiger partial charge >= 0.3 is 0 Å². The molecule has 0 spiro atoms. The zero-order valence-corrected chi connectivity index (χ0v) is 24.1. The predicted molar refractivity (Wildman–Crippen MR) is 135 cm³/mol. The van der Waals surface area contributed by atoms with Gasteiger partial charge in [0.05, 0.1) is 25.4 Å². The summed E-state index contributed by atoms with van der Waals surface area (Å²) in [4.78, 5) is 12.3. The Labute approximate surface area is 203 Å². The van der Waals surface area contributed by atoms with Gasteiger partial charge in [-0.1, -0.05) is 41.5 Å². The molecule has 1 aliphatic heterocycles. The van der Waals surface area contributed by atoms with Gasteiger partial charge in [-0.15, -0.1) is 0 Å². The molecule has 0 aromatic rings. The van der Waals surface area contributed by atoms with Crippen molar-refractivity contribution in [3.8, 4) is 0 Å². The first-order valence-electron chi connectivity index (χ1n) is 12.7. The Morgan fingerprint density at radius 1 is 0.879 bits per heavy atom. The third-order valence-corrected chi connectivity index (χ3v) is 16.7. The number of hydrogen-bond donors (Lipinski definition) is 2. The normalized spacial score (nSPS) is 26.4. The highest BCUT2D eigenvalue weighted by Gasteiger charge is 2.52. The number of nitrogens with one attached hydrogen (secondary N) is 1. The first-order valence-corrected chi connectivity index (χ1v) is 17.8. The van der Waals surface area contributed by atoms with Gasteiger partial charge in [-0.2, -0.15) is 0 Å². The molecule has 0 aromatic carbocycles. The van der Waals surface area contributed by atoms with Crippen LogP contribution in [0.2, 0.25) is 36.3 Å². The fraction of sp³-hybridized carbons (Fsp3) is 0.957. The van der Waals surface area contributed by atoms with Crippen molar-refractivity contribution >= 4 is 22.5 Å². The molecule has 1 heterocycles. The lowest BCUT2D eigenvalue weighted by atomic mass is 9.93. The maximum Gasteiger partial charge on any atom is 0.217 e. The second kappa shape index (κ2) is 14.9. The number of carbonyl (C=O) groups excluding carboxylic acids is 1. The van der Waals surface area contributed by atoms with Gasteiger partial charge < -0.3 is 33.5 Å². The molecule has 0 aliphatic carbocycles. The van der Waals surface area contributed by atoms with Crippen molar-refractivity contribution in [2.75, 3.05) is 27.1 Å². The van der Waals surface area contributed by atoms with E-state index in [2.05, 4.69) is 46.9 Å². The lowest BCUT2D eigenvalue weighted by Gasteiger charge is -2.51. The summed E-state index contributed by atoms with van der Waals surface area (Å²) in [7, 11) is -2.56. The fourth-order valence-corrected chi connectivity index (χ4v) is 10.5. The number of aliphatic hydroxyl groups excluding tert-OH is 1. The average Bonchev–Trinajstić information content (AvgIpc) is 2.83. The van der Waals surface area contributed by atoms with Gasteiger partial charge in [-0.25, -0.2) is 0 Å². The molecular weight excluding hydrogens is 458 g/mol. The second-order valence-electron chi connectivity index (χ2n) is 9.05. The van der Waals surface area contributed by atoms with Crippen molar-refractivity contribution in [1.82, 2.24) is 5.32 Å². The first-order chi connectivity index (χ1) is 15.7. The van der Waals surface area contributed by atoms with E-state index in [0.29, 0.717) is 0 Å². The summed E-state index contributed by atoms with van der Waals surface area (Å²) in [5, 5.41) is 13.4. The summed E-state index contributed by atoms with van der Waals surface area (Å²) in [6.45, 7) is 14.8. The van der Waals surface area contributed by atoms with Gasteiger partial charge in [0, 0.05) is 14.0 Å². The molecule has 1 rings (SSSR count). The smallest absolute Gasteiger partial charge is 0.217 e. The van der Waals surface area contributed by atoms with Gasteiger partial charge in [0.25, 0.3) is 0 Å². The summed E-state index contributed by atoms with van der Waals surface area (Å²) in [6, 6.07) is 5.41. The maximum absolute atomic E-state index is 12.3. The minimum atomic E-state index is -2.07. The first kappa shape index (κ1) is 30.7. The summed E-state index contributed by atoms with van der Waals surface area (Å²) < 4.78 is 31.0.